The number of nitrogens with two attached hydrogens (primary N) is 1. The molecule has 0 aliphatic rings. The summed E-state index contributed by atoms with van der Waals surface area (Å²) in [5, 5.41) is 0. The first-order valence-corrected chi connectivity index (χ1v) is 4.65. The SMILES string of the molecule is NCCCc1[nH]c(=O)[nH]c(=O)c1Br. The average Bonchev–Trinajstić information content (AvgIpc) is 2.09. The molecule has 0 fully saturated rings. The van der Waals surface area contributed by atoms with Gasteiger partial charge in [-0.2, -0.15) is 0 Å². The van der Waals surface area contributed by atoms with E-state index >= 15 is 0 Å². The van der Waals surface area contributed by atoms with Crippen molar-refractivity contribution in [2.45, 2.75) is 12.8 Å². The molecule has 0 radical (unpaired) electrons. The van der Waals surface area contributed by atoms with Gasteiger partial charge < -0.3 is 10.7 Å². The first-order valence-electron chi connectivity index (χ1n) is 3.86. The lowest BCUT2D eigenvalue weighted by Gasteiger charge is -2.00. The van der Waals surface area contributed by atoms with Crippen LogP contribution in [0.5, 0.6) is 0 Å². The van der Waals surface area contributed by atoms with Gasteiger partial charge in [0.1, 0.15) is 4.47 Å². The van der Waals surface area contributed by atoms with Gasteiger partial charge in [0.05, 0.1) is 0 Å². The Morgan fingerprint density at radius 2 is 2.00 bits per heavy atom. The average molecular weight is 248 g/mol. The highest BCUT2D eigenvalue weighted by atomic mass is 79.9. The lowest BCUT2D eigenvalue weighted by Crippen LogP contribution is -2.25. The molecular weight excluding hydrogens is 238 g/mol. The van der Waals surface area contributed by atoms with Crippen LogP contribution in [-0.4, -0.2) is 16.5 Å². The minimum Gasteiger partial charge on any atom is -0.330 e. The predicted octanol–water partition coefficient (Wildman–Crippen LogP) is -0.283. The predicted molar refractivity (Wildman–Crippen MR) is 52.8 cm³/mol. The van der Waals surface area contributed by atoms with Gasteiger partial charge >= 0.3 is 5.69 Å². The summed E-state index contributed by atoms with van der Waals surface area (Å²) in [6.07, 6.45) is 1.33. The lowest BCUT2D eigenvalue weighted by atomic mass is 10.2. The van der Waals surface area contributed by atoms with E-state index < -0.39 is 11.2 Å². The van der Waals surface area contributed by atoms with Crippen molar-refractivity contribution in [2.24, 2.45) is 5.73 Å². The van der Waals surface area contributed by atoms with E-state index in [-0.39, 0.29) is 0 Å². The van der Waals surface area contributed by atoms with Crippen molar-refractivity contribution < 1.29 is 0 Å². The third-order valence-corrected chi connectivity index (χ3v) is 2.43. The Morgan fingerprint density at radius 1 is 1.31 bits per heavy atom. The Kier molecular flexibility index (Phi) is 3.44. The number of halogens is 1. The van der Waals surface area contributed by atoms with Gasteiger partial charge in [0, 0.05) is 5.69 Å². The van der Waals surface area contributed by atoms with Crippen molar-refractivity contribution in [1.29, 1.82) is 0 Å². The Morgan fingerprint density at radius 3 is 2.62 bits per heavy atom. The van der Waals surface area contributed by atoms with Crippen molar-refractivity contribution in [3.8, 4) is 0 Å². The van der Waals surface area contributed by atoms with Gasteiger partial charge in [-0.1, -0.05) is 0 Å². The summed E-state index contributed by atoms with van der Waals surface area (Å²) < 4.78 is 0.376. The summed E-state index contributed by atoms with van der Waals surface area (Å²) in [6.45, 7) is 0.529. The molecule has 0 atom stereocenters. The fraction of sp³-hybridized carbons (Fsp3) is 0.429. The fourth-order valence-corrected chi connectivity index (χ4v) is 1.37. The van der Waals surface area contributed by atoms with Crippen molar-refractivity contribution in [2.75, 3.05) is 6.54 Å². The number of H-pyrrole nitrogens is 2. The first kappa shape index (κ1) is 10.2. The molecule has 0 aliphatic heterocycles. The molecule has 5 nitrogen and oxygen atoms in total. The first-order chi connectivity index (χ1) is 6.15. The van der Waals surface area contributed by atoms with E-state index in [2.05, 4.69) is 25.9 Å². The van der Waals surface area contributed by atoms with Crippen LogP contribution in [0.15, 0.2) is 14.1 Å². The Hall–Kier alpha value is -0.880. The molecule has 1 heterocycles. The van der Waals surface area contributed by atoms with Crippen molar-refractivity contribution >= 4 is 15.9 Å². The molecule has 4 N–H and O–H groups in total. The highest BCUT2D eigenvalue weighted by Gasteiger charge is 2.04. The van der Waals surface area contributed by atoms with Crippen molar-refractivity contribution in [1.82, 2.24) is 9.97 Å². The molecule has 72 valence electrons. The normalized spacial score (nSPS) is 10.3. The molecule has 6 heteroatoms. The quantitative estimate of drug-likeness (QED) is 0.686. The zero-order valence-electron chi connectivity index (χ0n) is 6.89. The summed E-state index contributed by atoms with van der Waals surface area (Å²) in [5.74, 6) is 0. The molecule has 0 amide bonds. The van der Waals surface area contributed by atoms with Crippen LogP contribution in [0.2, 0.25) is 0 Å². The minimum absolute atomic E-state index is 0.376. The third kappa shape index (κ3) is 2.53. The highest BCUT2D eigenvalue weighted by Crippen LogP contribution is 2.07. The standard InChI is InChI=1S/C7H10BrN3O2/c8-5-4(2-1-3-9)10-7(13)11-6(5)12/h1-3,9H2,(H2,10,11,12,13). The molecule has 1 aromatic rings. The molecule has 1 aromatic heterocycles. The highest BCUT2D eigenvalue weighted by molar-refractivity contribution is 9.10. The van der Waals surface area contributed by atoms with E-state index in [0.717, 1.165) is 6.42 Å². The van der Waals surface area contributed by atoms with Crippen LogP contribution in [0.25, 0.3) is 0 Å². The van der Waals surface area contributed by atoms with Crippen molar-refractivity contribution in [3.63, 3.8) is 0 Å². The zero-order chi connectivity index (χ0) is 9.84. The van der Waals surface area contributed by atoms with Gasteiger partial charge in [0.15, 0.2) is 0 Å². The molecule has 0 spiro atoms. The van der Waals surface area contributed by atoms with E-state index in [1.54, 1.807) is 0 Å². The van der Waals surface area contributed by atoms with Crippen LogP contribution in [0.3, 0.4) is 0 Å². The van der Waals surface area contributed by atoms with Crippen LogP contribution in [0.1, 0.15) is 12.1 Å². The molecule has 0 aromatic carbocycles. The second kappa shape index (κ2) is 4.38. The van der Waals surface area contributed by atoms with Crippen LogP contribution in [0.4, 0.5) is 0 Å². The van der Waals surface area contributed by atoms with Gasteiger partial charge in [-0.25, -0.2) is 4.79 Å². The summed E-state index contributed by atoms with van der Waals surface area (Å²) in [7, 11) is 0. The number of hydrogen-bond acceptors (Lipinski definition) is 3. The third-order valence-electron chi connectivity index (χ3n) is 1.59. The number of rotatable bonds is 3. The van der Waals surface area contributed by atoms with E-state index in [0.29, 0.717) is 23.1 Å². The molecule has 0 bridgehead atoms. The smallest absolute Gasteiger partial charge is 0.325 e. The Balaban J connectivity index is 3.06. The number of aromatic amines is 2. The van der Waals surface area contributed by atoms with Crippen LogP contribution in [-0.2, 0) is 6.42 Å². The summed E-state index contributed by atoms with van der Waals surface area (Å²) >= 11 is 3.09. The van der Waals surface area contributed by atoms with E-state index in [4.69, 9.17) is 5.73 Å². The maximum Gasteiger partial charge on any atom is 0.325 e. The van der Waals surface area contributed by atoms with Crippen LogP contribution in [0, 0.1) is 0 Å². The number of aryl methyl sites for hydroxylation is 1. The Bertz CT molecular complexity index is 395. The van der Waals surface area contributed by atoms with E-state index in [1.807, 2.05) is 0 Å². The van der Waals surface area contributed by atoms with E-state index in [9.17, 15) is 9.59 Å². The summed E-state index contributed by atoms with van der Waals surface area (Å²) in [5.41, 5.74) is 5.01. The molecule has 0 unspecified atom stereocenters. The van der Waals surface area contributed by atoms with Gasteiger partial charge in [0.25, 0.3) is 5.56 Å². The molecule has 0 saturated heterocycles. The van der Waals surface area contributed by atoms with Gasteiger partial charge in [-0.3, -0.25) is 9.78 Å². The van der Waals surface area contributed by atoms with Crippen molar-refractivity contribution in [3.05, 3.63) is 31.0 Å². The second-order valence-corrected chi connectivity index (χ2v) is 3.39. The fourth-order valence-electron chi connectivity index (χ4n) is 0.969. The monoisotopic (exact) mass is 247 g/mol. The molecular formula is C7H10BrN3O2. The minimum atomic E-state index is -0.486. The van der Waals surface area contributed by atoms with E-state index in [1.165, 1.54) is 0 Å². The maximum atomic E-state index is 11.1. The summed E-state index contributed by atoms with van der Waals surface area (Å²) in [6, 6.07) is 0. The number of hydrogen-bond donors (Lipinski definition) is 3. The molecule has 0 aliphatic carbocycles. The number of aromatic nitrogens is 2. The van der Waals surface area contributed by atoms with Gasteiger partial charge in [0.2, 0.25) is 0 Å². The second-order valence-electron chi connectivity index (χ2n) is 2.59. The maximum absolute atomic E-state index is 11.1. The van der Waals surface area contributed by atoms with Gasteiger partial charge in [-0.05, 0) is 35.3 Å². The van der Waals surface area contributed by atoms with Crippen LogP contribution >= 0.6 is 15.9 Å². The lowest BCUT2D eigenvalue weighted by molar-refractivity contribution is 0.789. The zero-order valence-corrected chi connectivity index (χ0v) is 8.48. The number of nitrogens with one attached hydrogen (secondary N) is 2. The molecule has 0 saturated carbocycles. The molecule has 1 rings (SSSR count). The van der Waals surface area contributed by atoms with Gasteiger partial charge in [-0.15, -0.1) is 0 Å². The largest absolute Gasteiger partial charge is 0.330 e. The topological polar surface area (TPSA) is 91.7 Å². The molecule has 13 heavy (non-hydrogen) atoms. The summed E-state index contributed by atoms with van der Waals surface area (Å²) in [4.78, 5) is 26.6. The van der Waals surface area contributed by atoms with Crippen LogP contribution < -0.4 is 17.0 Å². The Labute approximate surface area is 82.5 Å².